The Morgan fingerprint density at radius 2 is 0.313 bits per heavy atom. The van der Waals surface area contributed by atoms with Crippen molar-refractivity contribution in [3.05, 3.63) is 540 Å². The fraction of sp³-hybridized carbons (Fsp3) is 0. The second kappa shape index (κ2) is 35.9. The van der Waals surface area contributed by atoms with Gasteiger partial charge >= 0.3 is 0 Å². The smallest absolute Gasteiger partial charge is 0.164 e. The van der Waals surface area contributed by atoms with E-state index in [0.29, 0.717) is 23.3 Å². The second-order valence-electron chi connectivity index (χ2n) is 38.3. The molecule has 11 heteroatoms. The van der Waals surface area contributed by atoms with Crippen LogP contribution in [-0.2, 0) is 0 Å². The van der Waals surface area contributed by atoms with E-state index in [0.717, 1.165) is 168 Å². The molecule has 0 aliphatic carbocycles. The molecule has 0 spiro atoms. The Bertz CT molecular complexity index is 9670. The number of fused-ring (bicyclic) bond motifs is 18. The van der Waals surface area contributed by atoms with Crippen LogP contribution in [0.4, 0.5) is 0 Å². The highest BCUT2D eigenvalue weighted by Crippen LogP contribution is 2.51. The van der Waals surface area contributed by atoms with E-state index >= 15 is 0 Å². The quantitative estimate of drug-likeness (QED) is 0.0961. The van der Waals surface area contributed by atoms with Crippen molar-refractivity contribution in [3.63, 3.8) is 0 Å². The number of hydrogen-bond acceptors (Lipinski definition) is 5. The first kappa shape index (κ1) is 86.4. The van der Waals surface area contributed by atoms with Gasteiger partial charge in [-0.25, -0.2) is 24.9 Å². The number of rotatable bonds is 16. The number of nitrogens with zero attached hydrogens (tertiary/aromatic N) is 11. The van der Waals surface area contributed by atoms with E-state index in [2.05, 4.69) is 482 Å². The van der Waals surface area contributed by atoms with Gasteiger partial charge in [-0.05, 0) is 138 Å². The number of hydrogen-bond donors (Lipinski definition) is 0. The molecule has 700 valence electrons. The third-order valence-electron chi connectivity index (χ3n) is 30.0. The molecule has 0 N–H and O–H groups in total. The van der Waals surface area contributed by atoms with E-state index in [1.54, 1.807) is 0 Å². The van der Waals surface area contributed by atoms with Gasteiger partial charge in [-0.2, -0.15) is 0 Å². The van der Waals surface area contributed by atoms with Crippen molar-refractivity contribution in [1.82, 2.24) is 52.3 Å². The minimum atomic E-state index is 0.613. The molecule has 30 aromatic rings. The lowest BCUT2D eigenvalue weighted by atomic mass is 9.91. The molecule has 0 saturated heterocycles. The van der Waals surface area contributed by atoms with Gasteiger partial charge in [0.25, 0.3) is 0 Å². The lowest BCUT2D eigenvalue weighted by Crippen LogP contribution is -2.02. The van der Waals surface area contributed by atoms with Crippen LogP contribution < -0.4 is 0 Å². The highest BCUT2D eigenvalue weighted by Gasteiger charge is 2.30. The fourth-order valence-electron chi connectivity index (χ4n) is 23.5. The van der Waals surface area contributed by atoms with Crippen molar-refractivity contribution < 1.29 is 0 Å². The Labute approximate surface area is 863 Å². The van der Waals surface area contributed by atoms with Gasteiger partial charge in [-0.3, -0.25) is 0 Å². The van der Waals surface area contributed by atoms with E-state index in [4.69, 9.17) is 24.9 Å². The Morgan fingerprint density at radius 3 is 0.633 bits per heavy atom. The van der Waals surface area contributed by atoms with Crippen molar-refractivity contribution in [3.8, 4) is 147 Å². The predicted octanol–water partition coefficient (Wildman–Crippen LogP) is 35.6. The van der Waals surface area contributed by atoms with Gasteiger partial charge in [0.15, 0.2) is 23.3 Å². The van der Waals surface area contributed by atoms with Crippen molar-refractivity contribution in [2.75, 3.05) is 0 Å². The Hall–Kier alpha value is -20.3. The average Bonchev–Trinajstić information content (AvgIpc) is 1.57. The molecule has 0 atom stereocenters. The summed E-state index contributed by atoms with van der Waals surface area (Å²) in [5.41, 5.74) is 37.0. The van der Waals surface area contributed by atoms with Gasteiger partial charge in [0.05, 0.1) is 112 Å². The summed E-state index contributed by atoms with van der Waals surface area (Å²) in [7, 11) is 0. The first-order chi connectivity index (χ1) is 74.5. The van der Waals surface area contributed by atoms with Gasteiger partial charge in [0, 0.05) is 120 Å². The maximum absolute atomic E-state index is 5.22. The van der Waals surface area contributed by atoms with E-state index in [-0.39, 0.29) is 0 Å². The summed E-state index contributed by atoms with van der Waals surface area (Å²) in [6, 6.07) is 194. The van der Waals surface area contributed by atoms with E-state index in [1.165, 1.54) is 86.7 Å². The molecule has 8 heterocycles. The van der Waals surface area contributed by atoms with Gasteiger partial charge in [-0.15, -0.1) is 0 Å². The van der Waals surface area contributed by atoms with Crippen LogP contribution in [-0.4, -0.2) is 52.3 Å². The van der Waals surface area contributed by atoms with Crippen molar-refractivity contribution in [1.29, 1.82) is 0 Å². The third kappa shape index (κ3) is 14.2. The molecule has 0 aliphatic rings. The van der Waals surface area contributed by atoms with E-state index in [1.807, 2.05) is 84.9 Å². The fourth-order valence-corrected chi connectivity index (χ4v) is 23.5. The monoisotopic (exact) mass is 1910 g/mol. The van der Waals surface area contributed by atoms with Crippen molar-refractivity contribution >= 4 is 131 Å². The van der Waals surface area contributed by atoms with E-state index in [9.17, 15) is 0 Å². The van der Waals surface area contributed by atoms with Crippen LogP contribution in [0.2, 0.25) is 0 Å². The molecule has 0 saturated carbocycles. The average molecular weight is 1910 g/mol. The minimum absolute atomic E-state index is 0.613. The number of para-hydroxylation sites is 12. The van der Waals surface area contributed by atoms with E-state index < -0.39 is 0 Å². The number of aromatic nitrogens is 11. The zero-order valence-electron chi connectivity index (χ0n) is 81.3. The standard InChI is InChI=1S/C70H45N5.C69H44N6/c1-3-21-46(22-4-1)57-45-58(72-70(71-57)49-23-5-2-6-24-49)47-41-43-48(44-42-47)68-55(31-19-38-65(68)73-59-32-13-7-25-50(59)51-26-8-14-33-60(51)73)54-29-11-17-36-63(54)75-64-37-18-12-30-56(64)69-66(39-20-40-67(69)75)74-61-34-15-9-27-52(61)53-28-10-16-35-62(53)74;1-3-21-46(22-4-1)67-70-68(47-23-5-2-6-24-47)72-69(71-67)48-43-41-45(42-44-48)65-54(31-19-38-62(65)73-56-32-13-7-25-49(56)50-26-8-14-33-57(50)73)53-29-11-17-36-60(53)75-61-37-18-12-30-55(61)66-63(39-20-40-64(66)75)74-58-34-15-9-27-51(58)52-28-10-16-35-59(52)74/h1-45H;1-44H. The van der Waals surface area contributed by atoms with Gasteiger partial charge < -0.3 is 27.4 Å². The largest absolute Gasteiger partial charge is 0.309 e. The molecule has 0 unspecified atom stereocenters. The molecule has 150 heavy (non-hydrogen) atoms. The summed E-state index contributed by atoms with van der Waals surface area (Å²) in [5.74, 6) is 2.57. The molecule has 0 aliphatic heterocycles. The predicted molar refractivity (Wildman–Crippen MR) is 622 cm³/mol. The zero-order valence-corrected chi connectivity index (χ0v) is 81.3. The summed E-state index contributed by atoms with van der Waals surface area (Å²) < 4.78 is 14.8. The van der Waals surface area contributed by atoms with Crippen LogP contribution in [0, 0.1) is 0 Å². The van der Waals surface area contributed by atoms with Crippen LogP contribution in [0.1, 0.15) is 0 Å². The summed E-state index contributed by atoms with van der Waals surface area (Å²) in [6.45, 7) is 0. The summed E-state index contributed by atoms with van der Waals surface area (Å²) >= 11 is 0. The van der Waals surface area contributed by atoms with Gasteiger partial charge in [0.2, 0.25) is 0 Å². The first-order valence-corrected chi connectivity index (χ1v) is 51.0. The SMILES string of the molecule is c1ccc(-c2cc(-c3ccc(-c4c(-c5ccccc5-n5c6ccccc6c6c(-n7c8ccccc8c8ccccc87)cccc65)cccc4-n4c5ccccc5c5ccccc54)cc3)nc(-c3ccccc3)n2)cc1.c1ccc(-c2nc(-c3ccccc3)nc(-c3ccc(-c4c(-c5ccccc5-n5c6ccccc6c6c(-n7c8ccccc8c8ccccc87)cccc65)cccc4-n4c5ccccc5c5ccccc54)cc3)n2)cc1. The highest BCUT2D eigenvalue weighted by atomic mass is 15.1. The molecule has 0 fully saturated rings. The Kier molecular flexibility index (Phi) is 20.7. The maximum Gasteiger partial charge on any atom is 0.164 e. The highest BCUT2D eigenvalue weighted by molar-refractivity contribution is 6.20. The summed E-state index contributed by atoms with van der Waals surface area (Å²) in [6.07, 6.45) is 0. The van der Waals surface area contributed by atoms with Crippen LogP contribution in [0.15, 0.2) is 540 Å². The summed E-state index contributed by atoms with van der Waals surface area (Å²) in [5, 5.41) is 14.6. The van der Waals surface area contributed by atoms with Crippen LogP contribution in [0.3, 0.4) is 0 Å². The van der Waals surface area contributed by atoms with Gasteiger partial charge in [-0.1, -0.05) is 425 Å². The molecule has 22 aromatic carbocycles. The van der Waals surface area contributed by atoms with Crippen molar-refractivity contribution in [2.24, 2.45) is 0 Å². The van der Waals surface area contributed by atoms with Gasteiger partial charge in [0.1, 0.15) is 0 Å². The Morgan fingerprint density at radius 1 is 0.120 bits per heavy atom. The Balaban J connectivity index is 0.000000141. The van der Waals surface area contributed by atoms with Crippen LogP contribution >= 0.6 is 0 Å². The van der Waals surface area contributed by atoms with Crippen molar-refractivity contribution in [2.45, 2.75) is 0 Å². The molecular formula is C139H89N11. The zero-order chi connectivity index (χ0) is 98.8. The summed E-state index contributed by atoms with van der Waals surface area (Å²) in [4.78, 5) is 25.5. The topological polar surface area (TPSA) is 94.0 Å². The lowest BCUT2D eigenvalue weighted by molar-refractivity contribution is 1.07. The number of benzene rings is 22. The molecule has 0 radical (unpaired) electrons. The first-order valence-electron chi connectivity index (χ1n) is 51.0. The second-order valence-corrected chi connectivity index (χ2v) is 38.3. The molecule has 0 bridgehead atoms. The molecule has 8 aromatic heterocycles. The third-order valence-corrected chi connectivity index (χ3v) is 30.0. The van der Waals surface area contributed by atoms with Crippen LogP contribution in [0.5, 0.6) is 0 Å². The minimum Gasteiger partial charge on any atom is -0.309 e. The molecule has 0 amide bonds. The lowest BCUT2D eigenvalue weighted by Gasteiger charge is -2.21. The molecule has 30 rings (SSSR count). The van der Waals surface area contributed by atoms with Crippen LogP contribution in [0.25, 0.3) is 278 Å². The maximum atomic E-state index is 5.22. The molecular weight excluding hydrogens is 1820 g/mol. The normalized spacial score (nSPS) is 11.7. The molecule has 11 nitrogen and oxygen atoms in total.